The van der Waals surface area contributed by atoms with Gasteiger partial charge >= 0.3 is 0 Å². The summed E-state index contributed by atoms with van der Waals surface area (Å²) < 4.78 is 5.54. The molecule has 1 heterocycles. The second-order valence-corrected chi connectivity index (χ2v) is 3.94. The molecule has 2 rings (SSSR count). The van der Waals surface area contributed by atoms with Gasteiger partial charge in [-0.05, 0) is 30.5 Å². The van der Waals surface area contributed by atoms with Crippen LogP contribution in [-0.2, 0) is 11.2 Å². The van der Waals surface area contributed by atoms with E-state index in [2.05, 4.69) is 12.2 Å². The molecule has 1 aromatic rings. The van der Waals surface area contributed by atoms with Gasteiger partial charge in [0.1, 0.15) is 5.75 Å². The molecule has 0 aliphatic carbocycles. The Balaban J connectivity index is 2.27. The lowest BCUT2D eigenvalue weighted by Gasteiger charge is -2.19. The number of hydrogen-bond donors (Lipinski definition) is 2. The smallest absolute Gasteiger partial charge is 0.224 e. The van der Waals surface area contributed by atoms with Gasteiger partial charge in [-0.2, -0.15) is 0 Å². The van der Waals surface area contributed by atoms with Gasteiger partial charge in [-0.25, -0.2) is 0 Å². The molecule has 16 heavy (non-hydrogen) atoms. The predicted molar refractivity (Wildman–Crippen MR) is 63.6 cm³/mol. The average Bonchev–Trinajstić information content (AvgIpc) is 2.26. The van der Waals surface area contributed by atoms with E-state index in [0.29, 0.717) is 18.7 Å². The van der Waals surface area contributed by atoms with Gasteiger partial charge in [-0.1, -0.05) is 6.92 Å². The Labute approximate surface area is 94.8 Å². The van der Waals surface area contributed by atoms with Crippen LogP contribution in [0.25, 0.3) is 0 Å². The molecule has 0 spiro atoms. The lowest BCUT2D eigenvalue weighted by Crippen LogP contribution is -2.19. The number of benzene rings is 1. The average molecular weight is 220 g/mol. The van der Waals surface area contributed by atoms with E-state index in [9.17, 15) is 4.79 Å². The van der Waals surface area contributed by atoms with Crippen molar-refractivity contribution in [1.82, 2.24) is 0 Å². The van der Waals surface area contributed by atoms with Gasteiger partial charge in [-0.15, -0.1) is 0 Å². The Kier molecular flexibility index (Phi) is 2.99. The molecule has 0 unspecified atom stereocenters. The molecule has 3 N–H and O–H groups in total. The molecule has 1 aromatic carbocycles. The van der Waals surface area contributed by atoms with Crippen molar-refractivity contribution in [3.05, 3.63) is 17.7 Å². The summed E-state index contributed by atoms with van der Waals surface area (Å²) in [6.07, 6.45) is 2.24. The molecule has 0 saturated heterocycles. The highest BCUT2D eigenvalue weighted by Crippen LogP contribution is 2.32. The first-order valence-electron chi connectivity index (χ1n) is 5.55. The van der Waals surface area contributed by atoms with Crippen molar-refractivity contribution < 1.29 is 9.53 Å². The number of nitrogen functional groups attached to an aromatic ring is 1. The summed E-state index contributed by atoms with van der Waals surface area (Å²) in [5.74, 6) is 0.769. The van der Waals surface area contributed by atoms with Gasteiger partial charge in [0.05, 0.1) is 12.3 Å². The molecule has 0 fully saturated rings. The highest BCUT2D eigenvalue weighted by Gasteiger charge is 2.16. The quantitative estimate of drug-likeness (QED) is 0.765. The van der Waals surface area contributed by atoms with Crippen molar-refractivity contribution in [2.45, 2.75) is 26.2 Å². The van der Waals surface area contributed by atoms with E-state index in [1.165, 1.54) is 0 Å². The van der Waals surface area contributed by atoms with Gasteiger partial charge < -0.3 is 15.8 Å². The monoisotopic (exact) mass is 220 g/mol. The van der Waals surface area contributed by atoms with Crippen molar-refractivity contribution in [3.8, 4) is 5.75 Å². The number of hydrogen-bond acceptors (Lipinski definition) is 3. The lowest BCUT2D eigenvalue weighted by atomic mass is 10.0. The molecular weight excluding hydrogens is 204 g/mol. The van der Waals surface area contributed by atoms with Crippen molar-refractivity contribution in [1.29, 1.82) is 0 Å². The normalized spacial score (nSPS) is 14.2. The van der Waals surface area contributed by atoms with Crippen LogP contribution in [-0.4, -0.2) is 12.5 Å². The zero-order chi connectivity index (χ0) is 11.5. The van der Waals surface area contributed by atoms with E-state index in [-0.39, 0.29) is 5.91 Å². The zero-order valence-corrected chi connectivity index (χ0v) is 9.38. The minimum Gasteiger partial charge on any atom is -0.491 e. The maximum atomic E-state index is 11.2. The summed E-state index contributed by atoms with van der Waals surface area (Å²) in [5, 5.41) is 2.81. The summed E-state index contributed by atoms with van der Waals surface area (Å²) in [6.45, 7) is 2.71. The van der Waals surface area contributed by atoms with Crippen LogP contribution in [0.1, 0.15) is 25.3 Å². The third kappa shape index (κ3) is 2.10. The van der Waals surface area contributed by atoms with Crippen LogP contribution in [0.2, 0.25) is 0 Å². The summed E-state index contributed by atoms with van der Waals surface area (Å²) in [6, 6.07) is 3.71. The minimum absolute atomic E-state index is 0.0501. The fraction of sp³-hybridized carbons (Fsp3) is 0.417. The highest BCUT2D eigenvalue weighted by atomic mass is 16.5. The fourth-order valence-corrected chi connectivity index (χ4v) is 1.76. The van der Waals surface area contributed by atoms with Gasteiger partial charge in [0.25, 0.3) is 0 Å². The number of carbonyl (C=O) groups excluding carboxylic acids is 1. The van der Waals surface area contributed by atoms with E-state index >= 15 is 0 Å². The molecule has 1 aliphatic heterocycles. The Morgan fingerprint density at radius 3 is 3.00 bits per heavy atom. The Bertz CT molecular complexity index is 416. The number of ether oxygens (including phenoxy) is 1. The van der Waals surface area contributed by atoms with Crippen LogP contribution in [0.4, 0.5) is 11.4 Å². The van der Waals surface area contributed by atoms with Gasteiger partial charge in [-0.3, -0.25) is 4.79 Å². The number of aryl methyl sites for hydroxylation is 1. The SMILES string of the molecule is CCCOc1cc2c(cc1N)NC(=O)CC2. The van der Waals surface area contributed by atoms with E-state index < -0.39 is 0 Å². The third-order valence-corrected chi connectivity index (χ3v) is 2.59. The predicted octanol–water partition coefficient (Wildman–Crippen LogP) is 1.94. The molecule has 0 radical (unpaired) electrons. The number of anilines is 2. The lowest BCUT2D eigenvalue weighted by molar-refractivity contribution is -0.116. The Morgan fingerprint density at radius 1 is 1.44 bits per heavy atom. The second kappa shape index (κ2) is 4.43. The molecule has 1 amide bonds. The van der Waals surface area contributed by atoms with E-state index in [1.54, 1.807) is 6.07 Å². The van der Waals surface area contributed by atoms with Crippen LogP contribution in [0.3, 0.4) is 0 Å². The molecule has 0 bridgehead atoms. The van der Waals surface area contributed by atoms with Gasteiger partial charge in [0, 0.05) is 12.1 Å². The first-order valence-corrected chi connectivity index (χ1v) is 5.55. The van der Waals surface area contributed by atoms with Crippen molar-refractivity contribution in [2.75, 3.05) is 17.7 Å². The van der Waals surface area contributed by atoms with Crippen LogP contribution < -0.4 is 15.8 Å². The van der Waals surface area contributed by atoms with Crippen LogP contribution in [0, 0.1) is 0 Å². The number of rotatable bonds is 3. The number of nitrogens with two attached hydrogens (primary N) is 1. The molecule has 0 atom stereocenters. The van der Waals surface area contributed by atoms with Crippen molar-refractivity contribution >= 4 is 17.3 Å². The molecule has 0 aromatic heterocycles. The largest absolute Gasteiger partial charge is 0.491 e. The standard InChI is InChI=1S/C12H16N2O2/c1-2-5-16-11-6-8-3-4-12(15)14-10(8)7-9(11)13/h6-7H,2-5,13H2,1H3,(H,14,15). The molecule has 0 saturated carbocycles. The first-order chi connectivity index (χ1) is 7.70. The van der Waals surface area contributed by atoms with Crippen LogP contribution in [0.15, 0.2) is 12.1 Å². The van der Waals surface area contributed by atoms with E-state index in [4.69, 9.17) is 10.5 Å². The fourth-order valence-electron chi connectivity index (χ4n) is 1.76. The van der Waals surface area contributed by atoms with Gasteiger partial charge in [0.15, 0.2) is 0 Å². The molecule has 4 nitrogen and oxygen atoms in total. The highest BCUT2D eigenvalue weighted by molar-refractivity contribution is 5.94. The number of amides is 1. The van der Waals surface area contributed by atoms with Crippen LogP contribution in [0.5, 0.6) is 5.75 Å². The van der Waals surface area contributed by atoms with E-state index in [0.717, 1.165) is 29.8 Å². The molecular formula is C12H16N2O2. The second-order valence-electron chi connectivity index (χ2n) is 3.94. The third-order valence-electron chi connectivity index (χ3n) is 2.59. The first kappa shape index (κ1) is 10.8. The summed E-state index contributed by atoms with van der Waals surface area (Å²) in [7, 11) is 0. The Morgan fingerprint density at radius 2 is 2.25 bits per heavy atom. The number of fused-ring (bicyclic) bond motifs is 1. The Hall–Kier alpha value is -1.71. The van der Waals surface area contributed by atoms with E-state index in [1.807, 2.05) is 6.07 Å². The molecule has 86 valence electrons. The van der Waals surface area contributed by atoms with Gasteiger partial charge in [0.2, 0.25) is 5.91 Å². The molecule has 1 aliphatic rings. The summed E-state index contributed by atoms with van der Waals surface area (Å²) in [5.41, 5.74) is 8.35. The maximum absolute atomic E-state index is 11.2. The minimum atomic E-state index is 0.0501. The zero-order valence-electron chi connectivity index (χ0n) is 9.38. The molecule has 4 heteroatoms. The number of nitrogens with one attached hydrogen (secondary N) is 1. The summed E-state index contributed by atoms with van der Waals surface area (Å²) in [4.78, 5) is 11.2. The van der Waals surface area contributed by atoms with Crippen molar-refractivity contribution in [2.24, 2.45) is 0 Å². The topological polar surface area (TPSA) is 64.3 Å². The number of carbonyl (C=O) groups is 1. The van der Waals surface area contributed by atoms with Crippen LogP contribution >= 0.6 is 0 Å². The summed E-state index contributed by atoms with van der Waals surface area (Å²) >= 11 is 0. The maximum Gasteiger partial charge on any atom is 0.224 e. The van der Waals surface area contributed by atoms with Crippen molar-refractivity contribution in [3.63, 3.8) is 0 Å².